The van der Waals surface area contributed by atoms with Crippen LogP contribution in [0.25, 0.3) is 0 Å². The van der Waals surface area contributed by atoms with Gasteiger partial charge in [0, 0.05) is 31.7 Å². The molecule has 2 heterocycles. The van der Waals surface area contributed by atoms with Crippen LogP contribution in [-0.2, 0) is 9.53 Å². The molecule has 3 fully saturated rings. The van der Waals surface area contributed by atoms with Crippen LogP contribution in [0.3, 0.4) is 0 Å². The second-order valence-electron chi connectivity index (χ2n) is 7.07. The van der Waals surface area contributed by atoms with Crippen molar-refractivity contribution < 1.29 is 9.53 Å². The minimum absolute atomic E-state index is 0.0352. The van der Waals surface area contributed by atoms with Crippen LogP contribution in [0.15, 0.2) is 0 Å². The van der Waals surface area contributed by atoms with Crippen molar-refractivity contribution in [2.24, 2.45) is 0 Å². The minimum atomic E-state index is -0.943. The molecule has 1 unspecified atom stereocenters. The van der Waals surface area contributed by atoms with Gasteiger partial charge in [0.15, 0.2) is 11.3 Å². The van der Waals surface area contributed by atoms with E-state index in [1.165, 1.54) is 12.8 Å². The Balaban J connectivity index is 1.52. The fourth-order valence-electron chi connectivity index (χ4n) is 4.29. The van der Waals surface area contributed by atoms with Gasteiger partial charge in [0.1, 0.15) is 0 Å². The van der Waals surface area contributed by atoms with Gasteiger partial charge in [0.05, 0.1) is 19.3 Å². The Kier molecular flexibility index (Phi) is 5.32. The molecular formula is C17H28N4O2. The molecule has 0 aromatic rings. The lowest BCUT2D eigenvalue weighted by Crippen LogP contribution is -2.58. The molecule has 0 amide bonds. The largest absolute Gasteiger partial charge is 0.379 e. The highest BCUT2D eigenvalue weighted by molar-refractivity contribution is 5.89. The average Bonchev–Trinajstić information content (AvgIpc) is 3.00. The molecule has 6 heteroatoms. The van der Waals surface area contributed by atoms with Crippen molar-refractivity contribution in [3.05, 3.63) is 0 Å². The maximum Gasteiger partial charge on any atom is 0.179 e. The molecule has 0 radical (unpaired) electrons. The van der Waals surface area contributed by atoms with Crippen molar-refractivity contribution in [1.82, 2.24) is 15.3 Å². The second kappa shape index (κ2) is 7.27. The number of ketones is 1. The van der Waals surface area contributed by atoms with Crippen molar-refractivity contribution >= 4 is 5.78 Å². The molecule has 0 bridgehead atoms. The van der Waals surface area contributed by atoms with Gasteiger partial charge in [-0.25, -0.2) is 5.01 Å². The van der Waals surface area contributed by atoms with E-state index in [0.717, 1.165) is 52.1 Å². The van der Waals surface area contributed by atoms with Crippen molar-refractivity contribution in [1.29, 1.82) is 5.26 Å². The van der Waals surface area contributed by atoms with E-state index in [4.69, 9.17) is 4.74 Å². The summed E-state index contributed by atoms with van der Waals surface area (Å²) in [6.07, 6.45) is 6.14. The molecule has 1 saturated carbocycles. The van der Waals surface area contributed by atoms with Gasteiger partial charge in [0.25, 0.3) is 0 Å². The summed E-state index contributed by atoms with van der Waals surface area (Å²) in [5.41, 5.74) is 2.57. The summed E-state index contributed by atoms with van der Waals surface area (Å²) in [4.78, 5) is 14.5. The molecule has 6 nitrogen and oxygen atoms in total. The van der Waals surface area contributed by atoms with E-state index in [-0.39, 0.29) is 5.78 Å². The number of carbonyl (C=O) groups excluding carboxylic acids is 1. The lowest BCUT2D eigenvalue weighted by atomic mass is 9.90. The van der Waals surface area contributed by atoms with Crippen molar-refractivity contribution in [2.75, 3.05) is 32.8 Å². The Morgan fingerprint density at radius 1 is 1.22 bits per heavy atom. The summed E-state index contributed by atoms with van der Waals surface area (Å²) < 4.78 is 5.43. The molecule has 1 aliphatic carbocycles. The topological polar surface area (TPSA) is 68.6 Å². The Morgan fingerprint density at radius 3 is 2.52 bits per heavy atom. The number of nitriles is 1. The van der Waals surface area contributed by atoms with Gasteiger partial charge < -0.3 is 4.74 Å². The molecule has 3 aliphatic rings. The Labute approximate surface area is 138 Å². The molecule has 3 rings (SSSR count). The molecule has 0 aromatic carbocycles. The molecule has 2 saturated heterocycles. The SMILES string of the molecule is CC(=O)C1(C#N)CCCN1NC1CCC(N2CCOCC2)CC1. The summed E-state index contributed by atoms with van der Waals surface area (Å²) in [5, 5.41) is 11.5. The predicted molar refractivity (Wildman–Crippen MR) is 86.5 cm³/mol. The fourth-order valence-corrected chi connectivity index (χ4v) is 4.29. The van der Waals surface area contributed by atoms with Crippen molar-refractivity contribution in [3.8, 4) is 6.07 Å². The zero-order chi connectivity index (χ0) is 16.3. The number of nitrogens with one attached hydrogen (secondary N) is 1. The third-order valence-corrected chi connectivity index (χ3v) is 5.75. The smallest absolute Gasteiger partial charge is 0.179 e. The highest BCUT2D eigenvalue weighted by Crippen LogP contribution is 2.30. The van der Waals surface area contributed by atoms with Crippen LogP contribution in [0.4, 0.5) is 0 Å². The van der Waals surface area contributed by atoms with Crippen LogP contribution in [0.2, 0.25) is 0 Å². The maximum absolute atomic E-state index is 12.0. The Morgan fingerprint density at radius 2 is 1.91 bits per heavy atom. The molecule has 0 spiro atoms. The standard InChI is InChI=1S/C17H28N4O2/c1-14(22)17(13-18)7-2-8-21(17)19-15-3-5-16(6-4-15)20-9-11-23-12-10-20/h15-16,19H,2-12H2,1H3. The van der Waals surface area contributed by atoms with Crippen LogP contribution < -0.4 is 5.43 Å². The highest BCUT2D eigenvalue weighted by atomic mass is 16.5. The highest BCUT2D eigenvalue weighted by Gasteiger charge is 2.46. The molecule has 1 atom stereocenters. The first kappa shape index (κ1) is 16.8. The number of hydrogen-bond donors (Lipinski definition) is 1. The Hall–Kier alpha value is -1.00. The number of hydrogen-bond acceptors (Lipinski definition) is 6. The molecule has 23 heavy (non-hydrogen) atoms. The zero-order valence-electron chi connectivity index (χ0n) is 14.1. The lowest BCUT2D eigenvalue weighted by Gasteiger charge is -2.41. The van der Waals surface area contributed by atoms with Gasteiger partial charge in [0.2, 0.25) is 0 Å². The molecule has 1 N–H and O–H groups in total. The van der Waals surface area contributed by atoms with Crippen LogP contribution in [-0.4, -0.2) is 66.2 Å². The number of carbonyl (C=O) groups is 1. The van der Waals surface area contributed by atoms with Gasteiger partial charge in [-0.3, -0.25) is 15.1 Å². The third-order valence-electron chi connectivity index (χ3n) is 5.75. The normalized spacial score (nSPS) is 36.7. The van der Waals surface area contributed by atoms with Gasteiger partial charge in [-0.2, -0.15) is 5.26 Å². The van der Waals surface area contributed by atoms with E-state index in [1.54, 1.807) is 6.92 Å². The third kappa shape index (κ3) is 3.43. The molecule has 2 aliphatic heterocycles. The second-order valence-corrected chi connectivity index (χ2v) is 7.07. The van der Waals surface area contributed by atoms with E-state index in [2.05, 4.69) is 16.4 Å². The molecular weight excluding hydrogens is 292 g/mol. The first-order chi connectivity index (χ1) is 11.2. The number of hydrazine groups is 1. The number of morpholine rings is 1. The van der Waals surface area contributed by atoms with E-state index >= 15 is 0 Å². The summed E-state index contributed by atoms with van der Waals surface area (Å²) in [5.74, 6) is -0.0352. The van der Waals surface area contributed by atoms with Gasteiger partial charge in [-0.15, -0.1) is 0 Å². The van der Waals surface area contributed by atoms with Crippen LogP contribution in [0.5, 0.6) is 0 Å². The maximum atomic E-state index is 12.0. The van der Waals surface area contributed by atoms with E-state index < -0.39 is 5.54 Å². The first-order valence-electron chi connectivity index (χ1n) is 8.93. The summed E-state index contributed by atoms with van der Waals surface area (Å²) in [6, 6.07) is 3.33. The molecule has 0 aromatic heterocycles. The van der Waals surface area contributed by atoms with Crippen LogP contribution in [0.1, 0.15) is 45.4 Å². The molecule has 128 valence electrons. The van der Waals surface area contributed by atoms with Crippen LogP contribution in [0, 0.1) is 11.3 Å². The number of rotatable bonds is 4. The minimum Gasteiger partial charge on any atom is -0.379 e. The monoisotopic (exact) mass is 320 g/mol. The first-order valence-corrected chi connectivity index (χ1v) is 8.93. The van der Waals surface area contributed by atoms with Crippen molar-refractivity contribution in [3.63, 3.8) is 0 Å². The van der Waals surface area contributed by atoms with E-state index in [9.17, 15) is 10.1 Å². The Bertz CT molecular complexity index is 464. The van der Waals surface area contributed by atoms with Gasteiger partial charge >= 0.3 is 0 Å². The zero-order valence-corrected chi connectivity index (χ0v) is 14.1. The lowest BCUT2D eigenvalue weighted by molar-refractivity contribution is -0.126. The van der Waals surface area contributed by atoms with Gasteiger partial charge in [-0.05, 0) is 45.4 Å². The van der Waals surface area contributed by atoms with Crippen LogP contribution >= 0.6 is 0 Å². The number of Topliss-reactive ketones (excluding diaryl/α,β-unsaturated/α-hetero) is 1. The van der Waals surface area contributed by atoms with Gasteiger partial charge in [-0.1, -0.05) is 0 Å². The summed E-state index contributed by atoms with van der Waals surface area (Å²) in [7, 11) is 0. The quantitative estimate of drug-likeness (QED) is 0.836. The number of nitrogens with zero attached hydrogens (tertiary/aromatic N) is 3. The van der Waals surface area contributed by atoms with E-state index in [1.807, 2.05) is 5.01 Å². The van der Waals surface area contributed by atoms with E-state index in [0.29, 0.717) is 18.5 Å². The fraction of sp³-hybridized carbons (Fsp3) is 0.882. The summed E-state index contributed by atoms with van der Waals surface area (Å²) in [6.45, 7) is 6.15. The predicted octanol–water partition coefficient (Wildman–Crippen LogP) is 1.08. The summed E-state index contributed by atoms with van der Waals surface area (Å²) >= 11 is 0. The van der Waals surface area contributed by atoms with Crippen molar-refractivity contribution in [2.45, 2.75) is 63.1 Å². The number of ether oxygens (including phenoxy) is 1. The average molecular weight is 320 g/mol.